The van der Waals surface area contributed by atoms with Crippen LogP contribution in [0.3, 0.4) is 0 Å². The van der Waals surface area contributed by atoms with Crippen molar-refractivity contribution in [3.05, 3.63) is 53.9 Å². The molecular formula is C29H42N6O4S. The van der Waals surface area contributed by atoms with E-state index in [0.29, 0.717) is 49.0 Å². The summed E-state index contributed by atoms with van der Waals surface area (Å²) in [7, 11) is -0.653. The Morgan fingerprint density at radius 2 is 1.93 bits per heavy atom. The van der Waals surface area contributed by atoms with Gasteiger partial charge in [0.05, 0.1) is 18.4 Å². The van der Waals surface area contributed by atoms with Crippen molar-refractivity contribution in [2.24, 2.45) is 0 Å². The number of benzene rings is 1. The summed E-state index contributed by atoms with van der Waals surface area (Å²) in [6, 6.07) is 9.72. The number of carbonyl (C=O) groups excluding carboxylic acids is 2. The van der Waals surface area contributed by atoms with Gasteiger partial charge in [0.25, 0.3) is 5.91 Å². The lowest BCUT2D eigenvalue weighted by atomic mass is 10.00. The topological polar surface area (TPSA) is 111 Å². The van der Waals surface area contributed by atoms with Gasteiger partial charge in [0.15, 0.2) is 5.65 Å². The lowest BCUT2D eigenvalue weighted by Crippen LogP contribution is -2.49. The zero-order valence-electron chi connectivity index (χ0n) is 24.2. The van der Waals surface area contributed by atoms with Crippen LogP contribution in [0.25, 0.3) is 11.2 Å². The van der Waals surface area contributed by atoms with E-state index < -0.39 is 10.0 Å². The summed E-state index contributed by atoms with van der Waals surface area (Å²) in [5.41, 5.74) is 2.53. The maximum Gasteiger partial charge on any atom is 0.410 e. The average Bonchev–Trinajstić information content (AvgIpc) is 3.29. The standard InChI is InChI=1S/C29H42N6O4S/c1-6-30-28(36)24-18-34(20-38-14-15-40(3,4)5)27-26(24)33-25(16-31-27)32-23-13-12-21(2)35(17-23)29(37)39-19-22-10-8-7-9-11-22/h7-11,16,18,21,23H,6,12-15,17,19-20H2,1-5H3,(H,30,36)(H,32,33)/t21-,23?/m1/s1. The highest BCUT2D eigenvalue weighted by molar-refractivity contribution is 8.32. The number of amides is 2. The van der Waals surface area contributed by atoms with Gasteiger partial charge in [0, 0.05) is 37.1 Å². The van der Waals surface area contributed by atoms with Gasteiger partial charge in [0.2, 0.25) is 0 Å². The number of aromatic nitrogens is 3. The molecule has 2 N–H and O–H groups in total. The number of carbonyl (C=O) groups is 2. The molecule has 0 spiro atoms. The molecule has 40 heavy (non-hydrogen) atoms. The summed E-state index contributed by atoms with van der Waals surface area (Å²) in [6.45, 7) is 6.11. The first-order valence-electron chi connectivity index (χ1n) is 13.8. The molecule has 2 amide bonds. The fraction of sp³-hybridized carbons (Fsp3) is 0.517. The first-order valence-corrected chi connectivity index (χ1v) is 16.8. The second-order valence-corrected chi connectivity index (χ2v) is 15.7. The molecule has 1 unspecified atom stereocenters. The third kappa shape index (κ3) is 7.88. The molecule has 0 aliphatic carbocycles. The van der Waals surface area contributed by atoms with Crippen LogP contribution in [0.15, 0.2) is 42.7 Å². The molecule has 1 saturated heterocycles. The molecule has 2 aromatic heterocycles. The Kier molecular flexibility index (Phi) is 9.91. The second-order valence-electron chi connectivity index (χ2n) is 11.1. The molecule has 1 aliphatic rings. The van der Waals surface area contributed by atoms with Crippen LogP contribution in [-0.2, 0) is 22.8 Å². The number of hydrogen-bond acceptors (Lipinski definition) is 7. The third-order valence-corrected chi connectivity index (χ3v) is 8.28. The molecule has 1 fully saturated rings. The van der Waals surface area contributed by atoms with Crippen LogP contribution in [0.4, 0.5) is 10.6 Å². The SMILES string of the molecule is CCNC(=O)c1cn(COCCS(C)(C)C)c2ncc(NC3CC[C@@H](C)N(C(=O)OCc4ccccc4)C3)nc12. The molecule has 2 atom stereocenters. The van der Waals surface area contributed by atoms with Crippen LogP contribution in [0.2, 0.25) is 0 Å². The highest BCUT2D eigenvalue weighted by Crippen LogP contribution is 2.33. The number of rotatable bonds is 11. The minimum Gasteiger partial charge on any atom is -0.445 e. The van der Waals surface area contributed by atoms with Crippen LogP contribution in [0, 0.1) is 0 Å². The van der Waals surface area contributed by atoms with E-state index in [9.17, 15) is 9.59 Å². The van der Waals surface area contributed by atoms with Crippen molar-refractivity contribution < 1.29 is 19.1 Å². The Hall–Kier alpha value is -3.31. The Morgan fingerprint density at radius 1 is 1.15 bits per heavy atom. The van der Waals surface area contributed by atoms with Gasteiger partial charge in [0.1, 0.15) is 24.7 Å². The van der Waals surface area contributed by atoms with E-state index >= 15 is 0 Å². The molecule has 0 bridgehead atoms. The fourth-order valence-electron chi connectivity index (χ4n) is 4.60. The molecule has 10 nitrogen and oxygen atoms in total. The number of hydrogen-bond donors (Lipinski definition) is 2. The van der Waals surface area contributed by atoms with Crippen LogP contribution >= 0.6 is 10.0 Å². The maximum atomic E-state index is 12.9. The van der Waals surface area contributed by atoms with E-state index in [1.165, 1.54) is 0 Å². The predicted octanol–water partition coefficient (Wildman–Crippen LogP) is 4.45. The van der Waals surface area contributed by atoms with Crippen molar-refractivity contribution in [1.29, 1.82) is 0 Å². The Labute approximate surface area is 238 Å². The van der Waals surface area contributed by atoms with Gasteiger partial charge >= 0.3 is 6.09 Å². The molecule has 0 radical (unpaired) electrons. The number of fused-ring (bicyclic) bond motifs is 1. The number of ether oxygens (including phenoxy) is 2. The zero-order chi connectivity index (χ0) is 28.7. The summed E-state index contributed by atoms with van der Waals surface area (Å²) in [4.78, 5) is 36.9. The van der Waals surface area contributed by atoms with Crippen molar-refractivity contribution in [3.8, 4) is 0 Å². The summed E-state index contributed by atoms with van der Waals surface area (Å²) in [5.74, 6) is 1.37. The smallest absolute Gasteiger partial charge is 0.410 e. The molecule has 0 saturated carbocycles. The quantitative estimate of drug-likeness (QED) is 0.328. The maximum absolute atomic E-state index is 12.9. The number of nitrogens with one attached hydrogen (secondary N) is 2. The molecule has 218 valence electrons. The van der Waals surface area contributed by atoms with Crippen molar-refractivity contribution in [2.75, 3.05) is 49.5 Å². The van der Waals surface area contributed by atoms with Gasteiger partial charge in [-0.1, -0.05) is 30.3 Å². The summed E-state index contributed by atoms with van der Waals surface area (Å²) in [5, 5.41) is 6.30. The molecule has 1 aromatic carbocycles. The molecule has 1 aliphatic heterocycles. The molecular weight excluding hydrogens is 528 g/mol. The van der Waals surface area contributed by atoms with E-state index in [4.69, 9.17) is 14.5 Å². The summed E-state index contributed by atoms with van der Waals surface area (Å²) >= 11 is 0. The van der Waals surface area contributed by atoms with E-state index in [-0.39, 0.29) is 30.7 Å². The third-order valence-electron chi connectivity index (χ3n) is 6.89. The number of nitrogens with zero attached hydrogens (tertiary/aromatic N) is 4. The number of piperidine rings is 1. The van der Waals surface area contributed by atoms with Gasteiger partial charge < -0.3 is 29.6 Å². The Morgan fingerprint density at radius 3 is 2.65 bits per heavy atom. The van der Waals surface area contributed by atoms with Crippen molar-refractivity contribution in [1.82, 2.24) is 24.8 Å². The molecule has 3 heterocycles. The average molecular weight is 571 g/mol. The largest absolute Gasteiger partial charge is 0.445 e. The zero-order valence-corrected chi connectivity index (χ0v) is 25.0. The highest BCUT2D eigenvalue weighted by atomic mass is 32.3. The number of likely N-dealkylation sites (tertiary alicyclic amines) is 1. The first-order chi connectivity index (χ1) is 19.1. The van der Waals surface area contributed by atoms with Crippen LogP contribution in [0.1, 0.15) is 42.6 Å². The number of anilines is 1. The van der Waals surface area contributed by atoms with Gasteiger partial charge in [-0.3, -0.25) is 4.79 Å². The van der Waals surface area contributed by atoms with Crippen molar-refractivity contribution in [3.63, 3.8) is 0 Å². The second kappa shape index (κ2) is 13.4. The summed E-state index contributed by atoms with van der Waals surface area (Å²) < 4.78 is 13.3. The lowest BCUT2D eigenvalue weighted by Gasteiger charge is -2.37. The fourth-order valence-corrected chi connectivity index (χ4v) is 5.22. The van der Waals surface area contributed by atoms with Crippen LogP contribution in [0.5, 0.6) is 0 Å². The van der Waals surface area contributed by atoms with E-state index in [2.05, 4.69) is 34.4 Å². The predicted molar refractivity (Wildman–Crippen MR) is 161 cm³/mol. The lowest BCUT2D eigenvalue weighted by molar-refractivity contribution is 0.0695. The minimum absolute atomic E-state index is 0.0227. The molecule has 11 heteroatoms. The van der Waals surface area contributed by atoms with E-state index in [1.54, 1.807) is 17.3 Å². The van der Waals surface area contributed by atoms with Gasteiger partial charge in [-0.2, -0.15) is 0 Å². The van der Waals surface area contributed by atoms with Crippen molar-refractivity contribution >= 4 is 39.0 Å². The summed E-state index contributed by atoms with van der Waals surface area (Å²) in [6.07, 6.45) is 11.6. The minimum atomic E-state index is -0.653. The van der Waals surface area contributed by atoms with E-state index in [1.807, 2.05) is 48.7 Å². The normalized spacial score (nSPS) is 18.0. The highest BCUT2D eigenvalue weighted by Gasteiger charge is 2.30. The van der Waals surface area contributed by atoms with Gasteiger partial charge in [-0.15, -0.1) is 0 Å². The first kappa shape index (κ1) is 29.7. The van der Waals surface area contributed by atoms with Crippen molar-refractivity contribution in [2.45, 2.75) is 52.1 Å². The van der Waals surface area contributed by atoms with Crippen LogP contribution < -0.4 is 10.6 Å². The Balaban J connectivity index is 1.45. The van der Waals surface area contributed by atoms with E-state index in [0.717, 1.165) is 24.2 Å². The Bertz CT molecular complexity index is 1290. The van der Waals surface area contributed by atoms with Gasteiger partial charge in [-0.05, 0) is 51.0 Å². The van der Waals surface area contributed by atoms with Crippen LogP contribution in [-0.4, -0.2) is 87.7 Å². The molecule has 4 rings (SSSR count). The molecule has 3 aromatic rings. The van der Waals surface area contributed by atoms with Gasteiger partial charge in [-0.25, -0.2) is 24.8 Å². The monoisotopic (exact) mass is 570 g/mol.